The predicted octanol–water partition coefficient (Wildman–Crippen LogP) is 3.32. The van der Waals surface area contributed by atoms with Crippen molar-refractivity contribution >= 4 is 12.0 Å². The molecular weight excluding hydrogens is 285 g/mol. The van der Waals surface area contributed by atoms with Crippen molar-refractivity contribution in [3.05, 3.63) is 65.5 Å². The molecule has 0 unspecified atom stereocenters. The van der Waals surface area contributed by atoms with Crippen LogP contribution < -0.4 is 9.47 Å². The van der Waals surface area contributed by atoms with E-state index in [9.17, 15) is 9.18 Å². The molecule has 2 rings (SSSR count). The number of nitriles is 1. The third-order valence-electron chi connectivity index (χ3n) is 2.79. The molecule has 2 aromatic carbocycles. The average Bonchev–Trinajstić information content (AvgIpc) is 2.54. The molecule has 0 heterocycles. The number of carbonyl (C=O) groups is 1. The van der Waals surface area contributed by atoms with Crippen LogP contribution in [-0.4, -0.2) is 13.1 Å². The van der Waals surface area contributed by atoms with E-state index in [1.165, 1.54) is 49.6 Å². The molecule has 0 saturated carbocycles. The van der Waals surface area contributed by atoms with E-state index in [4.69, 9.17) is 14.7 Å². The van der Waals surface area contributed by atoms with E-state index in [1.807, 2.05) is 6.07 Å². The van der Waals surface area contributed by atoms with Gasteiger partial charge in [0.15, 0.2) is 11.5 Å². The fraction of sp³-hybridized carbons (Fsp3) is 0.0588. The van der Waals surface area contributed by atoms with Gasteiger partial charge in [0.2, 0.25) is 0 Å². The number of halogens is 1. The first-order chi connectivity index (χ1) is 10.6. The smallest absolute Gasteiger partial charge is 0.336 e. The van der Waals surface area contributed by atoms with Crippen LogP contribution >= 0.6 is 0 Å². The molecule has 0 aliphatic heterocycles. The normalized spacial score (nSPS) is 10.2. The highest BCUT2D eigenvalue weighted by molar-refractivity contribution is 5.89. The summed E-state index contributed by atoms with van der Waals surface area (Å²) in [6, 6.07) is 12.1. The summed E-state index contributed by atoms with van der Waals surface area (Å²) in [5.74, 6) is -0.438. The monoisotopic (exact) mass is 297 g/mol. The van der Waals surface area contributed by atoms with Crippen molar-refractivity contribution in [2.24, 2.45) is 0 Å². The molecule has 0 aromatic heterocycles. The topological polar surface area (TPSA) is 59.3 Å². The van der Waals surface area contributed by atoms with Gasteiger partial charge >= 0.3 is 5.97 Å². The van der Waals surface area contributed by atoms with Crippen LogP contribution in [0.1, 0.15) is 11.1 Å². The molecule has 0 amide bonds. The zero-order valence-corrected chi connectivity index (χ0v) is 11.7. The minimum Gasteiger partial charge on any atom is -0.493 e. The van der Waals surface area contributed by atoms with Crippen molar-refractivity contribution in [1.29, 1.82) is 5.26 Å². The Hall–Kier alpha value is -3.13. The maximum atomic E-state index is 12.8. The molecule has 2 aromatic rings. The first-order valence-corrected chi connectivity index (χ1v) is 6.36. The second-order valence-electron chi connectivity index (χ2n) is 4.28. The first-order valence-electron chi connectivity index (χ1n) is 6.36. The Balaban J connectivity index is 2.09. The quantitative estimate of drug-likeness (QED) is 0.493. The number of hydrogen-bond donors (Lipinski definition) is 0. The highest BCUT2D eigenvalue weighted by Gasteiger charge is 2.08. The largest absolute Gasteiger partial charge is 0.493 e. The lowest BCUT2D eigenvalue weighted by Crippen LogP contribution is -2.05. The van der Waals surface area contributed by atoms with E-state index in [1.54, 1.807) is 12.1 Å². The number of methoxy groups -OCH3 is 1. The van der Waals surface area contributed by atoms with Crippen molar-refractivity contribution in [2.45, 2.75) is 0 Å². The molecule has 0 N–H and O–H groups in total. The molecule has 0 saturated heterocycles. The summed E-state index contributed by atoms with van der Waals surface area (Å²) >= 11 is 0. The van der Waals surface area contributed by atoms with Gasteiger partial charge in [0, 0.05) is 12.1 Å². The number of nitrogens with zero attached hydrogens (tertiary/aromatic N) is 1. The van der Waals surface area contributed by atoms with Crippen molar-refractivity contribution < 1.29 is 18.7 Å². The molecule has 0 fully saturated rings. The Morgan fingerprint density at radius 1 is 1.18 bits per heavy atom. The second-order valence-corrected chi connectivity index (χ2v) is 4.28. The average molecular weight is 297 g/mol. The Bertz CT molecular complexity index is 745. The van der Waals surface area contributed by atoms with Gasteiger partial charge in [-0.2, -0.15) is 5.26 Å². The lowest BCUT2D eigenvalue weighted by atomic mass is 10.2. The van der Waals surface area contributed by atoms with Gasteiger partial charge in [-0.15, -0.1) is 0 Å². The standard InChI is InChI=1S/C17H12FNO3/c1-21-16-10-13(11-19)4-8-15(16)22-17(20)9-5-12-2-6-14(18)7-3-12/h2-10H,1H3/b9-5+. The van der Waals surface area contributed by atoms with Crippen LogP contribution in [0.2, 0.25) is 0 Å². The molecule has 0 spiro atoms. The second kappa shape index (κ2) is 7.04. The third kappa shape index (κ3) is 3.93. The van der Waals surface area contributed by atoms with Crippen LogP contribution in [0.4, 0.5) is 4.39 Å². The molecule has 0 aliphatic carbocycles. The number of ether oxygens (including phenoxy) is 2. The van der Waals surface area contributed by atoms with E-state index in [0.717, 1.165) is 0 Å². The Kier molecular flexibility index (Phi) is 4.89. The molecule has 0 atom stereocenters. The molecule has 110 valence electrons. The van der Waals surface area contributed by atoms with Gasteiger partial charge in [-0.1, -0.05) is 12.1 Å². The summed E-state index contributed by atoms with van der Waals surface area (Å²) in [5.41, 5.74) is 1.07. The number of benzene rings is 2. The maximum Gasteiger partial charge on any atom is 0.336 e. The van der Waals surface area contributed by atoms with Gasteiger partial charge in [0.1, 0.15) is 5.82 Å². The van der Waals surface area contributed by atoms with Gasteiger partial charge in [-0.3, -0.25) is 0 Å². The number of carbonyl (C=O) groups excluding carboxylic acids is 1. The van der Waals surface area contributed by atoms with Crippen molar-refractivity contribution in [3.8, 4) is 17.6 Å². The summed E-state index contributed by atoms with van der Waals surface area (Å²) in [4.78, 5) is 11.8. The van der Waals surface area contributed by atoms with E-state index >= 15 is 0 Å². The summed E-state index contributed by atoms with van der Waals surface area (Å²) in [7, 11) is 1.42. The van der Waals surface area contributed by atoms with Crippen molar-refractivity contribution in [2.75, 3.05) is 7.11 Å². The van der Waals surface area contributed by atoms with Gasteiger partial charge in [-0.05, 0) is 35.9 Å². The SMILES string of the molecule is COc1cc(C#N)ccc1OC(=O)/C=C/c1ccc(F)cc1. The fourth-order valence-corrected chi connectivity index (χ4v) is 1.70. The van der Waals surface area contributed by atoms with Crippen LogP contribution in [0.15, 0.2) is 48.5 Å². The van der Waals surface area contributed by atoms with E-state index < -0.39 is 5.97 Å². The third-order valence-corrected chi connectivity index (χ3v) is 2.79. The lowest BCUT2D eigenvalue weighted by Gasteiger charge is -2.07. The number of esters is 1. The maximum absolute atomic E-state index is 12.8. The van der Waals surface area contributed by atoms with Gasteiger partial charge in [0.25, 0.3) is 0 Å². The van der Waals surface area contributed by atoms with Crippen LogP contribution in [0, 0.1) is 17.1 Å². The van der Waals surface area contributed by atoms with Crippen molar-refractivity contribution in [3.63, 3.8) is 0 Å². The predicted molar refractivity (Wildman–Crippen MR) is 78.8 cm³/mol. The van der Waals surface area contributed by atoms with E-state index in [2.05, 4.69) is 0 Å². The molecule has 5 heteroatoms. The summed E-state index contributed by atoms with van der Waals surface area (Å²) in [6.07, 6.45) is 2.74. The zero-order valence-electron chi connectivity index (χ0n) is 11.7. The molecule has 22 heavy (non-hydrogen) atoms. The van der Waals surface area contributed by atoms with E-state index in [-0.39, 0.29) is 11.6 Å². The minimum atomic E-state index is -0.604. The van der Waals surface area contributed by atoms with Gasteiger partial charge in [0.05, 0.1) is 18.7 Å². The van der Waals surface area contributed by atoms with Crippen LogP contribution in [0.3, 0.4) is 0 Å². The van der Waals surface area contributed by atoms with Crippen LogP contribution in [0.25, 0.3) is 6.08 Å². The van der Waals surface area contributed by atoms with Gasteiger partial charge < -0.3 is 9.47 Å². The highest BCUT2D eigenvalue weighted by atomic mass is 19.1. The molecule has 0 bridgehead atoms. The zero-order chi connectivity index (χ0) is 15.9. The Morgan fingerprint density at radius 2 is 1.91 bits per heavy atom. The number of hydrogen-bond acceptors (Lipinski definition) is 4. The summed E-state index contributed by atoms with van der Waals surface area (Å²) in [5, 5.41) is 8.81. The number of rotatable bonds is 4. The molecule has 0 radical (unpaired) electrons. The summed E-state index contributed by atoms with van der Waals surface area (Å²) < 4.78 is 23.0. The Labute approximate surface area is 127 Å². The van der Waals surface area contributed by atoms with Gasteiger partial charge in [-0.25, -0.2) is 9.18 Å². The minimum absolute atomic E-state index is 0.218. The molecular formula is C17H12FNO3. The summed E-state index contributed by atoms with van der Waals surface area (Å²) in [6.45, 7) is 0. The Morgan fingerprint density at radius 3 is 2.55 bits per heavy atom. The highest BCUT2D eigenvalue weighted by Crippen LogP contribution is 2.28. The lowest BCUT2D eigenvalue weighted by molar-refractivity contribution is -0.129. The fourth-order valence-electron chi connectivity index (χ4n) is 1.70. The first kappa shape index (κ1) is 15.3. The van der Waals surface area contributed by atoms with Crippen LogP contribution in [0.5, 0.6) is 11.5 Å². The molecule has 4 nitrogen and oxygen atoms in total. The van der Waals surface area contributed by atoms with Crippen molar-refractivity contribution in [1.82, 2.24) is 0 Å². The van der Waals surface area contributed by atoms with Crippen LogP contribution in [-0.2, 0) is 4.79 Å². The molecule has 0 aliphatic rings. The van der Waals surface area contributed by atoms with E-state index in [0.29, 0.717) is 16.9 Å².